The largest absolute Gasteiger partial charge is 0.469 e. The zero-order chi connectivity index (χ0) is 23.2. The van der Waals surface area contributed by atoms with Gasteiger partial charge in [-0.05, 0) is 19.8 Å². The Balaban J connectivity index is 1.56. The number of phosphoric acid groups is 1. The van der Waals surface area contributed by atoms with E-state index in [-0.39, 0.29) is 29.1 Å². The van der Waals surface area contributed by atoms with Crippen molar-refractivity contribution < 1.29 is 38.6 Å². The van der Waals surface area contributed by atoms with Gasteiger partial charge in [0.15, 0.2) is 17.4 Å². The van der Waals surface area contributed by atoms with Crippen LogP contribution in [-0.2, 0) is 18.6 Å². The molecule has 1 saturated carbocycles. The minimum Gasteiger partial charge on any atom is -0.387 e. The number of ether oxygens (including phenoxy) is 1. The van der Waals surface area contributed by atoms with Gasteiger partial charge in [0.2, 0.25) is 11.9 Å². The molecule has 2 aliphatic rings. The third-order valence-electron chi connectivity index (χ3n) is 5.12. The number of hydrogen-bond donors (Lipinski definition) is 7. The van der Waals surface area contributed by atoms with Gasteiger partial charge in [-0.2, -0.15) is 4.98 Å². The molecule has 1 aliphatic carbocycles. The minimum absolute atomic E-state index is 0.00106. The van der Waals surface area contributed by atoms with Crippen LogP contribution in [0.3, 0.4) is 0 Å². The van der Waals surface area contributed by atoms with Crippen molar-refractivity contribution in [3.05, 3.63) is 16.7 Å². The molecule has 1 saturated heterocycles. The summed E-state index contributed by atoms with van der Waals surface area (Å²) in [6.07, 6.45) is -2.56. The highest BCUT2D eigenvalue weighted by molar-refractivity contribution is 7.46. The number of nitrogens with one attached hydrogen (secondary N) is 3. The molecule has 15 nitrogen and oxygen atoms in total. The van der Waals surface area contributed by atoms with E-state index in [0.29, 0.717) is 0 Å². The number of aliphatic hydroxyl groups is 2. The fraction of sp³-hybridized carbons (Fsp3) is 0.625. The normalized spacial score (nSPS) is 26.9. The molecule has 16 heteroatoms. The van der Waals surface area contributed by atoms with Gasteiger partial charge in [0.25, 0.3) is 5.56 Å². The molecule has 2 aromatic rings. The van der Waals surface area contributed by atoms with Crippen molar-refractivity contribution in [2.24, 2.45) is 0 Å². The summed E-state index contributed by atoms with van der Waals surface area (Å²) >= 11 is 0. The van der Waals surface area contributed by atoms with Crippen molar-refractivity contribution in [3.63, 3.8) is 0 Å². The number of phosphoric ester groups is 1. The van der Waals surface area contributed by atoms with Crippen molar-refractivity contribution in [2.45, 2.75) is 56.4 Å². The highest BCUT2D eigenvalue weighted by Gasteiger charge is 2.45. The maximum absolute atomic E-state index is 12.4. The van der Waals surface area contributed by atoms with Crippen molar-refractivity contribution in [2.75, 3.05) is 11.9 Å². The highest BCUT2D eigenvalue weighted by atomic mass is 31.2. The second-order valence-corrected chi connectivity index (χ2v) is 8.96. The summed E-state index contributed by atoms with van der Waals surface area (Å²) in [4.78, 5) is 52.9. The van der Waals surface area contributed by atoms with Crippen LogP contribution in [0.25, 0.3) is 11.2 Å². The zero-order valence-corrected chi connectivity index (χ0v) is 17.7. The van der Waals surface area contributed by atoms with Crippen LogP contribution in [0.15, 0.2) is 11.1 Å². The van der Waals surface area contributed by atoms with Crippen LogP contribution in [-0.4, -0.2) is 82.4 Å². The molecule has 32 heavy (non-hydrogen) atoms. The van der Waals surface area contributed by atoms with Gasteiger partial charge in [0.05, 0.1) is 12.9 Å². The highest BCUT2D eigenvalue weighted by Crippen LogP contribution is 2.38. The molecule has 0 spiro atoms. The first kappa shape index (κ1) is 22.8. The Bertz CT molecular complexity index is 1110. The number of anilines is 1. The molecule has 7 N–H and O–H groups in total. The van der Waals surface area contributed by atoms with Crippen molar-refractivity contribution >= 4 is 30.8 Å². The van der Waals surface area contributed by atoms with E-state index >= 15 is 0 Å². The van der Waals surface area contributed by atoms with E-state index in [2.05, 4.69) is 30.1 Å². The predicted molar refractivity (Wildman–Crippen MR) is 106 cm³/mol. The van der Waals surface area contributed by atoms with E-state index in [1.807, 2.05) is 0 Å². The van der Waals surface area contributed by atoms with E-state index < -0.39 is 50.6 Å². The van der Waals surface area contributed by atoms with E-state index in [9.17, 15) is 24.4 Å². The molecule has 0 bridgehead atoms. The van der Waals surface area contributed by atoms with Gasteiger partial charge < -0.3 is 35.4 Å². The summed E-state index contributed by atoms with van der Waals surface area (Å²) in [6, 6.07) is -0.533. The number of H-pyrrole nitrogens is 1. The van der Waals surface area contributed by atoms with E-state index in [4.69, 9.17) is 14.5 Å². The number of aromatic nitrogens is 4. The second-order valence-electron chi connectivity index (χ2n) is 7.72. The summed E-state index contributed by atoms with van der Waals surface area (Å²) in [5.41, 5.74) is -0.690. The van der Waals surface area contributed by atoms with Crippen LogP contribution in [0.5, 0.6) is 0 Å². The number of amides is 1. The third kappa shape index (κ3) is 4.83. The lowest BCUT2D eigenvalue weighted by atomic mass is 10.1. The third-order valence-corrected chi connectivity index (χ3v) is 5.61. The Labute approximate surface area is 180 Å². The molecule has 1 amide bonds. The Kier molecular flexibility index (Phi) is 6.06. The fourth-order valence-electron chi connectivity index (χ4n) is 3.27. The number of carbonyl (C=O) groups is 1. The fourth-order valence-corrected chi connectivity index (χ4v) is 3.61. The monoisotopic (exact) mass is 474 g/mol. The van der Waals surface area contributed by atoms with Crippen LogP contribution in [0.4, 0.5) is 5.95 Å². The van der Waals surface area contributed by atoms with Gasteiger partial charge in [-0.25, -0.2) is 9.55 Å². The lowest BCUT2D eigenvalue weighted by molar-refractivity contribution is -0.121. The first-order valence-electron chi connectivity index (χ1n) is 9.79. The van der Waals surface area contributed by atoms with Crippen LogP contribution >= 0.6 is 7.82 Å². The number of aliphatic hydroxyl groups excluding tert-OH is 2. The van der Waals surface area contributed by atoms with Crippen LogP contribution in [0, 0.1) is 0 Å². The average Bonchev–Trinajstić information content (AvgIpc) is 3.35. The summed E-state index contributed by atoms with van der Waals surface area (Å²) in [5.74, 6) is -0.272. The number of fused-ring (bicyclic) bond motifs is 1. The van der Waals surface area contributed by atoms with Crippen LogP contribution in [0.2, 0.25) is 0 Å². The molecule has 176 valence electrons. The molecular weight excluding hydrogens is 451 g/mol. The molecule has 2 fully saturated rings. The molecule has 3 heterocycles. The molecule has 0 radical (unpaired) electrons. The summed E-state index contributed by atoms with van der Waals surface area (Å²) in [6.45, 7) is 0.922. The van der Waals surface area contributed by atoms with Crippen molar-refractivity contribution in [3.8, 4) is 0 Å². The topological polar surface area (TPSA) is 221 Å². The SMILES string of the molecule is C[C@H](Nc1nc2c(ncn2[C@@H]2O[C@H](COP(=O)(O)O)[C@@H](O)[C@H]2O)c(=O)[nH]1)C(=O)NC1CC1. The van der Waals surface area contributed by atoms with E-state index in [1.165, 1.54) is 10.9 Å². The van der Waals surface area contributed by atoms with Gasteiger partial charge >= 0.3 is 7.82 Å². The maximum atomic E-state index is 12.4. The smallest absolute Gasteiger partial charge is 0.387 e. The van der Waals surface area contributed by atoms with E-state index in [1.54, 1.807) is 6.92 Å². The number of hydrogen-bond acceptors (Lipinski definition) is 10. The molecule has 2 aromatic heterocycles. The minimum atomic E-state index is -4.81. The molecule has 1 aliphatic heterocycles. The molecular formula is C16H23N6O9P. The number of aromatic amines is 1. The van der Waals surface area contributed by atoms with Gasteiger partial charge in [-0.3, -0.25) is 23.7 Å². The van der Waals surface area contributed by atoms with Crippen LogP contribution in [0.1, 0.15) is 26.0 Å². The quantitative estimate of drug-likeness (QED) is 0.205. The number of nitrogens with zero attached hydrogens (tertiary/aromatic N) is 3. The van der Waals surface area contributed by atoms with E-state index in [0.717, 1.165) is 12.8 Å². The number of carbonyl (C=O) groups excluding carboxylic acids is 1. The lowest BCUT2D eigenvalue weighted by Gasteiger charge is -2.17. The average molecular weight is 474 g/mol. The number of imidazole rings is 1. The van der Waals surface area contributed by atoms with Crippen LogP contribution < -0.4 is 16.2 Å². The molecule has 4 rings (SSSR count). The first-order valence-corrected chi connectivity index (χ1v) is 11.3. The summed E-state index contributed by atoms with van der Waals surface area (Å²) in [5, 5.41) is 26.2. The van der Waals surface area contributed by atoms with Crippen molar-refractivity contribution in [1.29, 1.82) is 0 Å². The Morgan fingerprint density at radius 1 is 1.41 bits per heavy atom. The molecule has 5 atom stereocenters. The van der Waals surface area contributed by atoms with Crippen molar-refractivity contribution in [1.82, 2.24) is 24.8 Å². The molecule has 0 unspecified atom stereocenters. The summed E-state index contributed by atoms with van der Waals surface area (Å²) in [7, 11) is -4.81. The lowest BCUT2D eigenvalue weighted by Crippen LogP contribution is -2.39. The van der Waals surface area contributed by atoms with Gasteiger partial charge in [0, 0.05) is 6.04 Å². The Morgan fingerprint density at radius 3 is 2.78 bits per heavy atom. The Morgan fingerprint density at radius 2 is 2.12 bits per heavy atom. The summed E-state index contributed by atoms with van der Waals surface area (Å²) < 4.78 is 22.0. The number of rotatable bonds is 8. The predicted octanol–water partition coefficient (Wildman–Crippen LogP) is -2.07. The van der Waals surface area contributed by atoms with Gasteiger partial charge in [-0.1, -0.05) is 0 Å². The Hall–Kier alpha value is -2.39. The molecule has 0 aromatic carbocycles. The maximum Gasteiger partial charge on any atom is 0.469 e. The van der Waals surface area contributed by atoms with Gasteiger partial charge in [-0.15, -0.1) is 0 Å². The zero-order valence-electron chi connectivity index (χ0n) is 16.8. The van der Waals surface area contributed by atoms with Gasteiger partial charge in [0.1, 0.15) is 24.4 Å². The first-order chi connectivity index (χ1) is 15.0. The standard InChI is InChI=1S/C16H23N6O9P/c1-6(13(25)19-7-2-3-7)18-16-20-12-9(14(26)21-16)17-5-22(12)15-11(24)10(23)8(31-15)4-30-32(27,28)29/h5-8,10-11,15,23-24H,2-4H2,1H3,(H,19,25)(H2,27,28,29)(H2,18,20,21,26)/t6-,8+,10+,11+,15+/m0/s1. The second kappa shape index (κ2) is 8.51.